The summed E-state index contributed by atoms with van der Waals surface area (Å²) in [4.78, 5) is 14.1. The second-order valence-electron chi connectivity index (χ2n) is 5.15. The van der Waals surface area contributed by atoms with Gasteiger partial charge in [-0.25, -0.2) is 4.79 Å². The number of urea groups is 1. The lowest BCUT2D eigenvalue weighted by Gasteiger charge is -2.22. The smallest absolute Gasteiger partial charge is 0.321 e. The van der Waals surface area contributed by atoms with E-state index in [2.05, 4.69) is 15.8 Å². The highest BCUT2D eigenvalue weighted by Gasteiger charge is 2.16. The van der Waals surface area contributed by atoms with E-state index >= 15 is 0 Å². The van der Waals surface area contributed by atoms with Crippen LogP contribution in [0.25, 0.3) is 0 Å². The minimum Gasteiger partial charge on any atom is -0.360 e. The molecule has 0 radical (unpaired) electrons. The average Bonchev–Trinajstić information content (AvgIpc) is 2.83. The number of nitrogens with zero attached hydrogens (tertiary/aromatic N) is 2. The maximum Gasteiger partial charge on any atom is 0.321 e. The molecule has 1 aromatic heterocycles. The first-order valence-electron chi connectivity index (χ1n) is 6.75. The molecule has 1 heterocycles. The van der Waals surface area contributed by atoms with Crippen LogP contribution in [0.2, 0.25) is 0 Å². The first-order valence-corrected chi connectivity index (χ1v) is 6.75. The maximum atomic E-state index is 12.1. The highest BCUT2D eigenvalue weighted by molar-refractivity contribution is 5.88. The summed E-state index contributed by atoms with van der Waals surface area (Å²) in [6, 6.07) is 11.1. The van der Waals surface area contributed by atoms with Crippen LogP contribution in [0.4, 0.5) is 10.6 Å². The van der Waals surface area contributed by atoms with Gasteiger partial charge in [0.1, 0.15) is 5.76 Å². The van der Waals surface area contributed by atoms with Gasteiger partial charge in [-0.3, -0.25) is 5.32 Å². The molecule has 0 spiro atoms. The Morgan fingerprint density at radius 3 is 2.62 bits per heavy atom. The molecule has 0 aliphatic rings. The molecule has 0 aliphatic carbocycles. The van der Waals surface area contributed by atoms with Crippen molar-refractivity contribution in [3.63, 3.8) is 0 Å². The molecule has 21 heavy (non-hydrogen) atoms. The Morgan fingerprint density at radius 2 is 2.05 bits per heavy atom. The molecule has 6 heteroatoms. The van der Waals surface area contributed by atoms with Crippen LogP contribution in [0.1, 0.15) is 17.4 Å². The number of amides is 2. The molecular formula is C15H20N4O2. The Kier molecular flexibility index (Phi) is 4.94. The number of aryl methyl sites for hydroxylation is 1. The lowest BCUT2D eigenvalue weighted by atomic mass is 10.1. The molecule has 2 rings (SSSR count). The largest absolute Gasteiger partial charge is 0.360 e. The van der Waals surface area contributed by atoms with Crippen molar-refractivity contribution in [2.24, 2.45) is 0 Å². The summed E-state index contributed by atoms with van der Waals surface area (Å²) in [6.07, 6.45) is 0. The summed E-state index contributed by atoms with van der Waals surface area (Å²) in [5.74, 6) is 1.06. The number of carbonyl (C=O) groups excluding carboxylic acids is 1. The van der Waals surface area contributed by atoms with Crippen LogP contribution >= 0.6 is 0 Å². The minimum absolute atomic E-state index is 0.103. The van der Waals surface area contributed by atoms with E-state index in [1.165, 1.54) is 0 Å². The fraction of sp³-hybridized carbons (Fsp3) is 0.333. The Labute approximate surface area is 124 Å². The number of likely N-dealkylation sites (N-methyl/N-ethyl adjacent to an activating group) is 1. The Bertz CT molecular complexity index is 580. The third-order valence-corrected chi connectivity index (χ3v) is 2.92. The molecule has 112 valence electrons. The molecule has 6 nitrogen and oxygen atoms in total. The van der Waals surface area contributed by atoms with Gasteiger partial charge < -0.3 is 14.7 Å². The van der Waals surface area contributed by atoms with Crippen LogP contribution in [0.3, 0.4) is 0 Å². The fourth-order valence-corrected chi connectivity index (χ4v) is 2.02. The number of hydrogen-bond acceptors (Lipinski definition) is 4. The van der Waals surface area contributed by atoms with Crippen molar-refractivity contribution in [3.8, 4) is 0 Å². The van der Waals surface area contributed by atoms with Gasteiger partial charge in [-0.15, -0.1) is 0 Å². The minimum atomic E-state index is -0.306. The predicted octanol–water partition coefficient (Wildman–Crippen LogP) is 2.41. The van der Waals surface area contributed by atoms with Gasteiger partial charge in [-0.2, -0.15) is 0 Å². The van der Waals surface area contributed by atoms with Crippen molar-refractivity contribution in [2.45, 2.75) is 13.0 Å². The third kappa shape index (κ3) is 4.61. The zero-order chi connectivity index (χ0) is 15.2. The Hall–Kier alpha value is -2.34. The monoisotopic (exact) mass is 288 g/mol. The standard InChI is InChI=1S/C15H20N4O2/c1-11-9-14(18-21-11)17-15(20)16-13(10-19(2)3)12-7-5-4-6-8-12/h4-9,13H,10H2,1-3H3,(H2,16,17,18,20)/t13-/m1/s1. The highest BCUT2D eigenvalue weighted by Crippen LogP contribution is 2.14. The molecule has 2 amide bonds. The van der Waals surface area contributed by atoms with Crippen LogP contribution in [0.15, 0.2) is 40.9 Å². The molecule has 0 aliphatic heterocycles. The molecule has 0 saturated carbocycles. The van der Waals surface area contributed by atoms with Crippen molar-refractivity contribution in [3.05, 3.63) is 47.7 Å². The van der Waals surface area contributed by atoms with Crippen LogP contribution in [-0.4, -0.2) is 36.7 Å². The van der Waals surface area contributed by atoms with Crippen LogP contribution < -0.4 is 10.6 Å². The second kappa shape index (κ2) is 6.90. The first-order chi connectivity index (χ1) is 10.0. The lowest BCUT2D eigenvalue weighted by Crippen LogP contribution is -2.37. The summed E-state index contributed by atoms with van der Waals surface area (Å²) >= 11 is 0. The maximum absolute atomic E-state index is 12.1. The molecule has 0 saturated heterocycles. The Balaban J connectivity index is 2.02. The average molecular weight is 288 g/mol. The zero-order valence-corrected chi connectivity index (χ0v) is 12.5. The first kappa shape index (κ1) is 15.1. The molecular weight excluding hydrogens is 268 g/mol. The number of hydrogen-bond donors (Lipinski definition) is 2. The predicted molar refractivity (Wildman–Crippen MR) is 81.1 cm³/mol. The molecule has 1 aromatic carbocycles. The van der Waals surface area contributed by atoms with Crippen molar-refractivity contribution in [1.82, 2.24) is 15.4 Å². The molecule has 0 bridgehead atoms. The van der Waals surface area contributed by atoms with Gasteiger partial charge in [0.25, 0.3) is 0 Å². The number of aromatic nitrogens is 1. The van der Waals surface area contributed by atoms with Gasteiger partial charge in [0.05, 0.1) is 6.04 Å². The summed E-state index contributed by atoms with van der Waals surface area (Å²) in [5.41, 5.74) is 1.05. The second-order valence-corrected chi connectivity index (χ2v) is 5.15. The van der Waals surface area contributed by atoms with Crippen molar-refractivity contribution >= 4 is 11.8 Å². The summed E-state index contributed by atoms with van der Waals surface area (Å²) in [7, 11) is 3.94. The molecule has 0 unspecified atom stereocenters. The van der Waals surface area contributed by atoms with E-state index in [0.29, 0.717) is 18.1 Å². The van der Waals surface area contributed by atoms with Gasteiger partial charge in [-0.1, -0.05) is 35.5 Å². The number of nitrogens with one attached hydrogen (secondary N) is 2. The number of carbonyl (C=O) groups is 1. The lowest BCUT2D eigenvalue weighted by molar-refractivity contribution is 0.244. The van der Waals surface area contributed by atoms with Gasteiger partial charge in [0, 0.05) is 12.6 Å². The van der Waals surface area contributed by atoms with Gasteiger partial charge in [-0.05, 0) is 26.6 Å². The van der Waals surface area contributed by atoms with E-state index in [1.54, 1.807) is 13.0 Å². The van der Waals surface area contributed by atoms with Crippen LogP contribution in [0, 0.1) is 6.92 Å². The molecule has 2 aromatic rings. The quantitative estimate of drug-likeness (QED) is 0.886. The van der Waals surface area contributed by atoms with Crippen molar-refractivity contribution < 1.29 is 9.32 Å². The van der Waals surface area contributed by atoms with Crippen LogP contribution in [0.5, 0.6) is 0 Å². The number of benzene rings is 1. The summed E-state index contributed by atoms with van der Waals surface area (Å²) in [5, 5.41) is 9.35. The van der Waals surface area contributed by atoms with Gasteiger partial charge in [0.2, 0.25) is 0 Å². The van der Waals surface area contributed by atoms with E-state index in [1.807, 2.05) is 49.3 Å². The van der Waals surface area contributed by atoms with E-state index in [-0.39, 0.29) is 12.1 Å². The van der Waals surface area contributed by atoms with Gasteiger partial charge >= 0.3 is 6.03 Å². The topological polar surface area (TPSA) is 70.4 Å². The number of rotatable bonds is 5. The molecule has 2 N–H and O–H groups in total. The van der Waals surface area contributed by atoms with E-state index in [0.717, 1.165) is 5.56 Å². The fourth-order valence-electron chi connectivity index (χ4n) is 2.02. The van der Waals surface area contributed by atoms with Crippen LogP contribution in [-0.2, 0) is 0 Å². The Morgan fingerprint density at radius 1 is 1.33 bits per heavy atom. The van der Waals surface area contributed by atoms with E-state index in [4.69, 9.17) is 4.52 Å². The normalized spacial score (nSPS) is 12.2. The molecule has 1 atom stereocenters. The SMILES string of the molecule is Cc1cc(NC(=O)N[C@H](CN(C)C)c2ccccc2)no1. The third-order valence-electron chi connectivity index (χ3n) is 2.92. The summed E-state index contributed by atoms with van der Waals surface area (Å²) < 4.78 is 4.92. The number of anilines is 1. The van der Waals surface area contributed by atoms with Crippen molar-refractivity contribution in [1.29, 1.82) is 0 Å². The zero-order valence-electron chi connectivity index (χ0n) is 12.5. The summed E-state index contributed by atoms with van der Waals surface area (Å²) in [6.45, 7) is 2.48. The van der Waals surface area contributed by atoms with E-state index in [9.17, 15) is 4.79 Å². The van der Waals surface area contributed by atoms with Gasteiger partial charge in [0.15, 0.2) is 5.82 Å². The van der Waals surface area contributed by atoms with Crippen molar-refractivity contribution in [2.75, 3.05) is 26.0 Å². The highest BCUT2D eigenvalue weighted by atomic mass is 16.5. The van der Waals surface area contributed by atoms with E-state index < -0.39 is 0 Å². The molecule has 0 fully saturated rings.